The number of halogens is 1. The molecular weight excluding hydrogens is 274 g/mol. The molecule has 3 rings (SSSR count). The molecule has 1 aromatic carbocycles. The van der Waals surface area contributed by atoms with E-state index >= 15 is 0 Å². The second-order valence-electron chi connectivity index (χ2n) is 4.97. The largest absolute Gasteiger partial charge is 0.361 e. The van der Waals surface area contributed by atoms with E-state index in [4.69, 9.17) is 16.1 Å². The van der Waals surface area contributed by atoms with Crippen LogP contribution in [-0.4, -0.2) is 20.6 Å². The summed E-state index contributed by atoms with van der Waals surface area (Å²) in [7, 11) is 0. The van der Waals surface area contributed by atoms with Crippen LogP contribution in [0.15, 0.2) is 28.8 Å². The van der Waals surface area contributed by atoms with Crippen LogP contribution in [0, 0.1) is 13.8 Å². The summed E-state index contributed by atoms with van der Waals surface area (Å²) in [5.74, 6) is 2.36. The Kier molecular flexibility index (Phi) is 3.49. The number of rotatable bonds is 4. The van der Waals surface area contributed by atoms with E-state index in [1.807, 2.05) is 13.0 Å². The number of hydrogen-bond donors (Lipinski definition) is 0. The van der Waals surface area contributed by atoms with Crippen LogP contribution < -0.4 is 0 Å². The molecule has 0 spiro atoms. The highest BCUT2D eigenvalue weighted by Gasteiger charge is 2.12. The van der Waals surface area contributed by atoms with Gasteiger partial charge in [0.15, 0.2) is 0 Å². The molecule has 0 fully saturated rings. The van der Waals surface area contributed by atoms with E-state index in [0.29, 0.717) is 12.4 Å². The summed E-state index contributed by atoms with van der Waals surface area (Å²) >= 11 is 5.89. The third kappa shape index (κ3) is 2.43. The molecule has 0 radical (unpaired) electrons. The molecule has 20 heavy (non-hydrogen) atoms. The summed E-state index contributed by atoms with van der Waals surface area (Å²) in [5, 5.41) is 4.06. The van der Waals surface area contributed by atoms with E-state index < -0.39 is 0 Å². The Morgan fingerprint density at radius 1 is 1.25 bits per heavy atom. The smallest absolute Gasteiger partial charge is 0.133 e. The molecule has 0 saturated carbocycles. The van der Waals surface area contributed by atoms with Crippen molar-refractivity contribution < 1.29 is 4.52 Å². The standard InChI is InChI=1S/C15H16ClN3O/c1-10-3-4-14-13(7-10)17-15(5-6-16)19(14)9-12-8-11(2)20-18-12/h3-4,7-8H,5-6,9H2,1-2H3. The van der Waals surface area contributed by atoms with Crippen molar-refractivity contribution in [1.29, 1.82) is 0 Å². The fraction of sp³-hybridized carbons (Fsp3) is 0.333. The second-order valence-corrected chi connectivity index (χ2v) is 5.35. The normalized spacial score (nSPS) is 11.3. The summed E-state index contributed by atoms with van der Waals surface area (Å²) in [5.41, 5.74) is 4.22. The minimum Gasteiger partial charge on any atom is -0.361 e. The zero-order chi connectivity index (χ0) is 14.1. The molecular formula is C15H16ClN3O. The van der Waals surface area contributed by atoms with E-state index in [-0.39, 0.29) is 0 Å². The van der Waals surface area contributed by atoms with Gasteiger partial charge in [-0.25, -0.2) is 4.98 Å². The first-order valence-electron chi connectivity index (χ1n) is 6.61. The molecule has 0 unspecified atom stereocenters. The maximum Gasteiger partial charge on any atom is 0.133 e. The van der Waals surface area contributed by atoms with Crippen LogP contribution in [0.4, 0.5) is 0 Å². The molecule has 104 valence electrons. The van der Waals surface area contributed by atoms with E-state index in [1.54, 1.807) is 0 Å². The third-order valence-corrected chi connectivity index (χ3v) is 3.49. The Bertz CT molecular complexity index is 745. The van der Waals surface area contributed by atoms with Gasteiger partial charge in [-0.2, -0.15) is 0 Å². The number of alkyl halides is 1. The van der Waals surface area contributed by atoms with Crippen molar-refractivity contribution in [2.45, 2.75) is 26.8 Å². The van der Waals surface area contributed by atoms with Gasteiger partial charge < -0.3 is 9.09 Å². The summed E-state index contributed by atoms with van der Waals surface area (Å²) in [6.07, 6.45) is 0.742. The van der Waals surface area contributed by atoms with Crippen LogP contribution in [0.2, 0.25) is 0 Å². The van der Waals surface area contributed by atoms with Crippen LogP contribution in [0.1, 0.15) is 22.8 Å². The summed E-state index contributed by atoms with van der Waals surface area (Å²) in [6, 6.07) is 8.24. The fourth-order valence-corrected chi connectivity index (χ4v) is 2.57. The third-order valence-electron chi connectivity index (χ3n) is 3.30. The van der Waals surface area contributed by atoms with Gasteiger partial charge in [0.1, 0.15) is 17.3 Å². The molecule has 0 saturated heterocycles. The number of aryl methyl sites for hydroxylation is 3. The lowest BCUT2D eigenvalue weighted by Gasteiger charge is -2.06. The first-order chi connectivity index (χ1) is 9.67. The second kappa shape index (κ2) is 5.29. The maximum atomic E-state index is 5.89. The Morgan fingerprint density at radius 3 is 2.80 bits per heavy atom. The Hall–Kier alpha value is -1.81. The van der Waals surface area contributed by atoms with E-state index in [9.17, 15) is 0 Å². The van der Waals surface area contributed by atoms with Crippen molar-refractivity contribution in [2.75, 3.05) is 5.88 Å². The zero-order valence-electron chi connectivity index (χ0n) is 11.6. The minimum atomic E-state index is 0.556. The Labute approximate surface area is 122 Å². The zero-order valence-corrected chi connectivity index (χ0v) is 12.3. The van der Waals surface area contributed by atoms with Crippen LogP contribution in [-0.2, 0) is 13.0 Å². The lowest BCUT2D eigenvalue weighted by atomic mass is 10.2. The predicted molar refractivity (Wildman–Crippen MR) is 79.2 cm³/mol. The molecule has 0 N–H and O–H groups in total. The van der Waals surface area contributed by atoms with Crippen molar-refractivity contribution in [1.82, 2.24) is 14.7 Å². The highest BCUT2D eigenvalue weighted by atomic mass is 35.5. The van der Waals surface area contributed by atoms with Crippen LogP contribution in [0.3, 0.4) is 0 Å². The highest BCUT2D eigenvalue weighted by molar-refractivity contribution is 6.17. The molecule has 0 bridgehead atoms. The molecule has 0 atom stereocenters. The number of imidazole rings is 1. The topological polar surface area (TPSA) is 43.9 Å². The first-order valence-corrected chi connectivity index (χ1v) is 7.15. The molecule has 2 heterocycles. The number of fused-ring (bicyclic) bond motifs is 1. The van der Waals surface area contributed by atoms with Gasteiger partial charge in [-0.1, -0.05) is 11.2 Å². The van der Waals surface area contributed by atoms with Gasteiger partial charge in [-0.05, 0) is 31.5 Å². The van der Waals surface area contributed by atoms with Crippen LogP contribution in [0.25, 0.3) is 11.0 Å². The van der Waals surface area contributed by atoms with Crippen molar-refractivity contribution in [3.8, 4) is 0 Å². The van der Waals surface area contributed by atoms with Gasteiger partial charge in [0, 0.05) is 18.4 Å². The molecule has 0 aliphatic rings. The van der Waals surface area contributed by atoms with Crippen LogP contribution in [0.5, 0.6) is 0 Å². The number of benzene rings is 1. The fourth-order valence-electron chi connectivity index (χ4n) is 2.40. The molecule has 0 aliphatic heterocycles. The number of aromatic nitrogens is 3. The lowest BCUT2D eigenvalue weighted by Crippen LogP contribution is -2.06. The molecule has 5 heteroatoms. The van der Waals surface area contributed by atoms with Gasteiger partial charge in [0.25, 0.3) is 0 Å². The van der Waals surface area contributed by atoms with E-state index in [0.717, 1.165) is 34.7 Å². The highest BCUT2D eigenvalue weighted by Crippen LogP contribution is 2.20. The lowest BCUT2D eigenvalue weighted by molar-refractivity contribution is 0.389. The van der Waals surface area contributed by atoms with Gasteiger partial charge in [0.2, 0.25) is 0 Å². The maximum absolute atomic E-state index is 5.89. The van der Waals surface area contributed by atoms with Crippen LogP contribution >= 0.6 is 11.6 Å². The summed E-state index contributed by atoms with van der Waals surface area (Å²) < 4.78 is 7.30. The molecule has 0 amide bonds. The quantitative estimate of drug-likeness (QED) is 0.691. The average molecular weight is 290 g/mol. The molecule has 4 nitrogen and oxygen atoms in total. The van der Waals surface area contributed by atoms with Gasteiger partial charge in [-0.15, -0.1) is 11.6 Å². The van der Waals surface area contributed by atoms with Gasteiger partial charge >= 0.3 is 0 Å². The Morgan fingerprint density at radius 2 is 2.10 bits per heavy atom. The number of nitrogens with zero attached hydrogens (tertiary/aromatic N) is 3. The van der Waals surface area contributed by atoms with Gasteiger partial charge in [0.05, 0.1) is 17.6 Å². The average Bonchev–Trinajstić information content (AvgIpc) is 2.95. The molecule has 3 aromatic rings. The number of hydrogen-bond acceptors (Lipinski definition) is 3. The van der Waals surface area contributed by atoms with Crippen molar-refractivity contribution in [3.05, 3.63) is 47.1 Å². The first kappa shape index (κ1) is 13.2. The van der Waals surface area contributed by atoms with Crippen molar-refractivity contribution in [2.24, 2.45) is 0 Å². The van der Waals surface area contributed by atoms with Crippen molar-refractivity contribution >= 4 is 22.6 Å². The van der Waals surface area contributed by atoms with Crippen molar-refractivity contribution in [3.63, 3.8) is 0 Å². The summed E-state index contributed by atoms with van der Waals surface area (Å²) in [6.45, 7) is 4.62. The predicted octanol–water partition coefficient (Wildman–Crippen LogP) is 3.47. The Balaban J connectivity index is 2.08. The monoisotopic (exact) mass is 289 g/mol. The van der Waals surface area contributed by atoms with Gasteiger partial charge in [-0.3, -0.25) is 0 Å². The summed E-state index contributed by atoms with van der Waals surface area (Å²) in [4.78, 5) is 4.69. The molecule has 2 aromatic heterocycles. The van der Waals surface area contributed by atoms with E-state index in [1.165, 1.54) is 5.56 Å². The molecule has 0 aliphatic carbocycles. The van der Waals surface area contributed by atoms with E-state index in [2.05, 4.69) is 39.8 Å². The SMILES string of the molecule is Cc1ccc2c(c1)nc(CCCl)n2Cc1cc(C)on1. The minimum absolute atomic E-state index is 0.556.